The van der Waals surface area contributed by atoms with Crippen LogP contribution in [-0.4, -0.2) is 22.3 Å². The Bertz CT molecular complexity index is 994. The van der Waals surface area contributed by atoms with Crippen molar-refractivity contribution in [3.05, 3.63) is 63.8 Å². The van der Waals surface area contributed by atoms with Crippen molar-refractivity contribution in [3.63, 3.8) is 0 Å². The molecule has 2 aromatic carbocycles. The summed E-state index contributed by atoms with van der Waals surface area (Å²) < 4.78 is 8.51. The summed E-state index contributed by atoms with van der Waals surface area (Å²) in [6.45, 7) is 6.33. The quantitative estimate of drug-likeness (QED) is 0.572. The van der Waals surface area contributed by atoms with Crippen LogP contribution in [0.4, 0.5) is 5.82 Å². The third-order valence-electron chi connectivity index (χ3n) is 4.75. The van der Waals surface area contributed by atoms with E-state index in [2.05, 4.69) is 26.3 Å². The van der Waals surface area contributed by atoms with E-state index in [1.165, 1.54) is 5.56 Å². The summed E-state index contributed by atoms with van der Waals surface area (Å²) in [5, 5.41) is 7.47. The molecule has 0 bridgehead atoms. The van der Waals surface area contributed by atoms with E-state index in [1.807, 2.05) is 70.3 Å². The number of hydrogen-bond donors (Lipinski definition) is 1. The highest BCUT2D eigenvalue weighted by Gasteiger charge is 2.17. The topological polar surface area (TPSA) is 56.1 Å². The molecule has 0 radical (unpaired) electrons. The largest absolute Gasteiger partial charge is 0.493 e. The highest BCUT2D eigenvalue weighted by Crippen LogP contribution is 2.32. The standard InChI is InChI=1S/C22H24BrN3O2/c1-14-6-5-7-19(15(14)2)28-13-12-20(27)24-22-21(16(3)25-26(22)4)17-8-10-18(23)11-9-17/h5-11H,12-13H2,1-4H3,(H,24,27). The molecule has 0 saturated heterocycles. The summed E-state index contributed by atoms with van der Waals surface area (Å²) in [6.07, 6.45) is 0.261. The van der Waals surface area contributed by atoms with E-state index in [9.17, 15) is 4.79 Å². The van der Waals surface area contributed by atoms with Crippen molar-refractivity contribution in [2.75, 3.05) is 11.9 Å². The molecule has 6 heteroatoms. The van der Waals surface area contributed by atoms with Gasteiger partial charge >= 0.3 is 0 Å². The van der Waals surface area contributed by atoms with Crippen molar-refractivity contribution in [2.45, 2.75) is 27.2 Å². The Morgan fingerprint density at radius 1 is 1.14 bits per heavy atom. The van der Waals surface area contributed by atoms with Crippen LogP contribution >= 0.6 is 15.9 Å². The third-order valence-corrected chi connectivity index (χ3v) is 5.28. The van der Waals surface area contributed by atoms with Crippen LogP contribution in [0.3, 0.4) is 0 Å². The van der Waals surface area contributed by atoms with Gasteiger partial charge in [-0.2, -0.15) is 5.10 Å². The predicted octanol–water partition coefficient (Wildman–Crippen LogP) is 5.18. The van der Waals surface area contributed by atoms with Gasteiger partial charge in [0.15, 0.2) is 0 Å². The number of amides is 1. The van der Waals surface area contributed by atoms with Gasteiger partial charge in [-0.05, 0) is 55.7 Å². The fourth-order valence-corrected chi connectivity index (χ4v) is 3.36. The van der Waals surface area contributed by atoms with Gasteiger partial charge in [-0.3, -0.25) is 9.48 Å². The zero-order chi connectivity index (χ0) is 20.3. The van der Waals surface area contributed by atoms with Gasteiger partial charge in [0.2, 0.25) is 5.91 Å². The third kappa shape index (κ3) is 4.44. The van der Waals surface area contributed by atoms with E-state index in [0.717, 1.165) is 32.6 Å². The number of hydrogen-bond acceptors (Lipinski definition) is 3. The lowest BCUT2D eigenvalue weighted by Gasteiger charge is -2.12. The molecule has 3 aromatic rings. The molecule has 0 fully saturated rings. The lowest BCUT2D eigenvalue weighted by molar-refractivity contribution is -0.116. The van der Waals surface area contributed by atoms with E-state index >= 15 is 0 Å². The maximum Gasteiger partial charge on any atom is 0.228 e. The van der Waals surface area contributed by atoms with Gasteiger partial charge in [-0.1, -0.05) is 40.2 Å². The van der Waals surface area contributed by atoms with Gasteiger partial charge in [0.1, 0.15) is 11.6 Å². The molecule has 146 valence electrons. The van der Waals surface area contributed by atoms with Gasteiger partial charge in [0, 0.05) is 17.1 Å². The second-order valence-electron chi connectivity index (χ2n) is 6.78. The number of halogens is 1. The van der Waals surface area contributed by atoms with Gasteiger partial charge in [0.05, 0.1) is 18.7 Å². The number of nitrogens with zero attached hydrogens (tertiary/aromatic N) is 2. The van der Waals surface area contributed by atoms with Gasteiger partial charge < -0.3 is 10.1 Å². The van der Waals surface area contributed by atoms with E-state index < -0.39 is 0 Å². The fourth-order valence-electron chi connectivity index (χ4n) is 3.09. The molecule has 0 atom stereocenters. The van der Waals surface area contributed by atoms with Crippen molar-refractivity contribution in [3.8, 4) is 16.9 Å². The molecule has 0 saturated carbocycles. The summed E-state index contributed by atoms with van der Waals surface area (Å²) in [5.41, 5.74) is 5.08. The molecule has 0 unspecified atom stereocenters. The maximum atomic E-state index is 12.5. The van der Waals surface area contributed by atoms with Crippen molar-refractivity contribution in [1.82, 2.24) is 9.78 Å². The molecule has 3 rings (SSSR count). The van der Waals surface area contributed by atoms with Gasteiger partial charge in [0.25, 0.3) is 0 Å². The first-order chi connectivity index (χ1) is 13.4. The Hall–Kier alpha value is -2.60. The fraction of sp³-hybridized carbons (Fsp3) is 0.273. The van der Waals surface area contributed by atoms with E-state index in [-0.39, 0.29) is 12.3 Å². The van der Waals surface area contributed by atoms with Gasteiger partial charge in [-0.25, -0.2) is 0 Å². The Morgan fingerprint density at radius 3 is 2.57 bits per heavy atom. The Balaban J connectivity index is 1.69. The Morgan fingerprint density at radius 2 is 1.86 bits per heavy atom. The molecule has 1 heterocycles. The molecule has 0 spiro atoms. The summed E-state index contributed by atoms with van der Waals surface area (Å²) in [5.74, 6) is 1.41. The van der Waals surface area contributed by atoms with Crippen LogP contribution in [0.25, 0.3) is 11.1 Å². The normalized spacial score (nSPS) is 10.8. The van der Waals surface area contributed by atoms with Crippen LogP contribution in [0.1, 0.15) is 23.2 Å². The van der Waals surface area contributed by atoms with Gasteiger partial charge in [-0.15, -0.1) is 0 Å². The SMILES string of the molecule is Cc1cccc(OCCC(=O)Nc2c(-c3ccc(Br)cc3)c(C)nn2C)c1C. The summed E-state index contributed by atoms with van der Waals surface area (Å²) >= 11 is 3.45. The number of anilines is 1. The molecular formula is C22H24BrN3O2. The molecule has 5 nitrogen and oxygen atoms in total. The molecule has 1 aromatic heterocycles. The average molecular weight is 442 g/mol. The number of carbonyl (C=O) groups excluding carboxylic acids is 1. The monoisotopic (exact) mass is 441 g/mol. The molecule has 0 aliphatic heterocycles. The summed E-state index contributed by atoms with van der Waals surface area (Å²) in [4.78, 5) is 12.5. The minimum absolute atomic E-state index is 0.105. The molecule has 1 N–H and O–H groups in total. The van der Waals surface area contributed by atoms with E-state index in [4.69, 9.17) is 4.74 Å². The number of carbonyl (C=O) groups is 1. The lowest BCUT2D eigenvalue weighted by atomic mass is 10.1. The first-order valence-electron chi connectivity index (χ1n) is 9.15. The molecule has 28 heavy (non-hydrogen) atoms. The smallest absolute Gasteiger partial charge is 0.228 e. The first kappa shape index (κ1) is 20.1. The van der Waals surface area contributed by atoms with Crippen LogP contribution in [0, 0.1) is 20.8 Å². The number of aryl methyl sites for hydroxylation is 3. The summed E-state index contributed by atoms with van der Waals surface area (Å²) in [7, 11) is 1.83. The van der Waals surface area contributed by atoms with E-state index in [1.54, 1.807) is 4.68 Å². The molecule has 0 aliphatic rings. The summed E-state index contributed by atoms with van der Waals surface area (Å²) in [6, 6.07) is 13.9. The molecule has 0 aliphatic carbocycles. The zero-order valence-corrected chi connectivity index (χ0v) is 18.1. The van der Waals surface area contributed by atoms with Crippen LogP contribution in [-0.2, 0) is 11.8 Å². The van der Waals surface area contributed by atoms with Crippen molar-refractivity contribution >= 4 is 27.7 Å². The second-order valence-corrected chi connectivity index (χ2v) is 7.70. The van der Waals surface area contributed by atoms with Crippen LogP contribution in [0.15, 0.2) is 46.9 Å². The minimum atomic E-state index is -0.105. The van der Waals surface area contributed by atoms with Crippen molar-refractivity contribution < 1.29 is 9.53 Å². The second kappa shape index (κ2) is 8.61. The lowest BCUT2D eigenvalue weighted by Crippen LogP contribution is -2.17. The molecular weight excluding hydrogens is 418 g/mol. The molecule has 1 amide bonds. The highest BCUT2D eigenvalue weighted by atomic mass is 79.9. The van der Waals surface area contributed by atoms with E-state index in [0.29, 0.717) is 12.4 Å². The zero-order valence-electron chi connectivity index (χ0n) is 16.5. The van der Waals surface area contributed by atoms with Crippen molar-refractivity contribution in [1.29, 1.82) is 0 Å². The first-order valence-corrected chi connectivity index (χ1v) is 9.94. The number of aromatic nitrogens is 2. The number of nitrogens with one attached hydrogen (secondary N) is 1. The van der Waals surface area contributed by atoms with Crippen LogP contribution in [0.2, 0.25) is 0 Å². The van der Waals surface area contributed by atoms with Crippen LogP contribution < -0.4 is 10.1 Å². The number of rotatable bonds is 6. The Labute approximate surface area is 173 Å². The maximum absolute atomic E-state index is 12.5. The average Bonchev–Trinajstić information content (AvgIpc) is 2.93. The van der Waals surface area contributed by atoms with Crippen LogP contribution in [0.5, 0.6) is 5.75 Å². The number of benzene rings is 2. The van der Waals surface area contributed by atoms with Crippen molar-refractivity contribution in [2.24, 2.45) is 7.05 Å². The Kier molecular flexibility index (Phi) is 6.19. The minimum Gasteiger partial charge on any atom is -0.493 e. The predicted molar refractivity (Wildman–Crippen MR) is 116 cm³/mol. The number of ether oxygens (including phenoxy) is 1. The highest BCUT2D eigenvalue weighted by molar-refractivity contribution is 9.10.